The van der Waals surface area contributed by atoms with Crippen molar-refractivity contribution in [2.24, 2.45) is 7.05 Å². The summed E-state index contributed by atoms with van der Waals surface area (Å²) in [4.78, 5) is 5.54. The molecule has 0 aliphatic rings. The molecule has 122 valence electrons. The first-order valence-corrected chi connectivity index (χ1v) is 9.55. The Labute approximate surface area is 140 Å². The Hall–Kier alpha value is -1.70. The Balaban J connectivity index is 2.10. The number of hydrogen-bond acceptors (Lipinski definition) is 4. The van der Waals surface area contributed by atoms with Crippen LogP contribution in [0.4, 0.5) is 0 Å². The van der Waals surface area contributed by atoms with Crippen LogP contribution in [0.25, 0.3) is 10.9 Å². The summed E-state index contributed by atoms with van der Waals surface area (Å²) >= 11 is 1.48. The van der Waals surface area contributed by atoms with E-state index in [1.807, 2.05) is 49.7 Å². The molecule has 2 heterocycles. The van der Waals surface area contributed by atoms with E-state index in [1.165, 1.54) is 15.6 Å². The molecule has 0 aliphatic heterocycles. The lowest BCUT2D eigenvalue weighted by Gasteiger charge is -2.17. The number of thiazole rings is 1. The smallest absolute Gasteiger partial charge is 0.245 e. The maximum absolute atomic E-state index is 13.1. The SMILES string of the molecule is Cc1ncsc1CN(C)S(=O)(=O)c1c(C)n(C)c2ccccc12. The van der Waals surface area contributed by atoms with Crippen molar-refractivity contribution in [2.75, 3.05) is 7.05 Å². The highest BCUT2D eigenvalue weighted by Crippen LogP contribution is 2.31. The molecular formula is C16H19N3O2S2. The number of sulfonamides is 1. The lowest BCUT2D eigenvalue weighted by Crippen LogP contribution is -2.27. The molecule has 23 heavy (non-hydrogen) atoms. The molecule has 0 saturated heterocycles. The van der Waals surface area contributed by atoms with E-state index in [9.17, 15) is 8.42 Å². The van der Waals surface area contributed by atoms with Crippen molar-refractivity contribution < 1.29 is 8.42 Å². The van der Waals surface area contributed by atoms with Crippen LogP contribution in [0.5, 0.6) is 0 Å². The molecule has 0 unspecified atom stereocenters. The van der Waals surface area contributed by atoms with E-state index in [0.717, 1.165) is 27.2 Å². The highest BCUT2D eigenvalue weighted by atomic mass is 32.2. The van der Waals surface area contributed by atoms with E-state index >= 15 is 0 Å². The fourth-order valence-corrected chi connectivity index (χ4v) is 5.22. The number of hydrogen-bond donors (Lipinski definition) is 0. The molecule has 2 aromatic heterocycles. The van der Waals surface area contributed by atoms with Crippen LogP contribution < -0.4 is 0 Å². The highest BCUT2D eigenvalue weighted by molar-refractivity contribution is 7.89. The summed E-state index contributed by atoms with van der Waals surface area (Å²) in [5.41, 5.74) is 4.30. The van der Waals surface area contributed by atoms with Crippen molar-refractivity contribution in [2.45, 2.75) is 25.3 Å². The molecule has 0 aliphatic carbocycles. The van der Waals surface area contributed by atoms with Gasteiger partial charge in [0.25, 0.3) is 0 Å². The molecule has 0 bridgehead atoms. The van der Waals surface area contributed by atoms with Gasteiger partial charge in [0.2, 0.25) is 10.0 Å². The molecule has 0 radical (unpaired) electrons. The largest absolute Gasteiger partial charge is 0.347 e. The number of rotatable bonds is 4. The molecule has 0 fully saturated rings. The predicted octanol–water partition coefficient (Wildman–Crippen LogP) is 3.07. The van der Waals surface area contributed by atoms with Crippen LogP contribution >= 0.6 is 11.3 Å². The van der Waals surface area contributed by atoms with Crippen LogP contribution in [-0.2, 0) is 23.6 Å². The molecule has 5 nitrogen and oxygen atoms in total. The first-order chi connectivity index (χ1) is 10.8. The average Bonchev–Trinajstić information content (AvgIpc) is 3.02. The maximum Gasteiger partial charge on any atom is 0.245 e. The third-order valence-corrected chi connectivity index (χ3v) is 7.12. The van der Waals surface area contributed by atoms with E-state index in [2.05, 4.69) is 4.98 Å². The van der Waals surface area contributed by atoms with Gasteiger partial charge in [0.15, 0.2) is 0 Å². The van der Waals surface area contributed by atoms with E-state index in [-0.39, 0.29) is 0 Å². The van der Waals surface area contributed by atoms with Gasteiger partial charge >= 0.3 is 0 Å². The Bertz CT molecular complexity index is 971. The monoisotopic (exact) mass is 349 g/mol. The van der Waals surface area contributed by atoms with Crippen molar-refractivity contribution in [3.63, 3.8) is 0 Å². The first-order valence-electron chi connectivity index (χ1n) is 7.23. The fraction of sp³-hybridized carbons (Fsp3) is 0.312. The quantitative estimate of drug-likeness (QED) is 0.727. The number of benzene rings is 1. The van der Waals surface area contributed by atoms with Crippen molar-refractivity contribution >= 4 is 32.3 Å². The molecule has 7 heteroatoms. The van der Waals surface area contributed by atoms with Gasteiger partial charge < -0.3 is 4.57 Å². The van der Waals surface area contributed by atoms with Gasteiger partial charge in [-0.25, -0.2) is 13.4 Å². The standard InChI is InChI=1S/C16H19N3O2S2/c1-11-15(22-10-17-11)9-18(3)23(20,21)16-12(2)19(4)14-8-6-5-7-13(14)16/h5-8,10H,9H2,1-4H3. The summed E-state index contributed by atoms with van der Waals surface area (Å²) in [7, 11) is -0.0633. The van der Waals surface area contributed by atoms with Crippen molar-refractivity contribution in [3.8, 4) is 0 Å². The zero-order valence-electron chi connectivity index (χ0n) is 13.6. The van der Waals surface area contributed by atoms with Crippen LogP contribution in [0.1, 0.15) is 16.3 Å². The molecule has 1 aromatic carbocycles. The summed E-state index contributed by atoms with van der Waals surface area (Å²) in [5, 5.41) is 0.764. The van der Waals surface area contributed by atoms with Crippen molar-refractivity contribution in [1.82, 2.24) is 13.9 Å². The Morgan fingerprint density at radius 3 is 2.61 bits per heavy atom. The lowest BCUT2D eigenvalue weighted by atomic mass is 10.2. The molecule has 0 atom stereocenters. The topological polar surface area (TPSA) is 55.2 Å². The zero-order chi connectivity index (χ0) is 16.8. The number of fused-ring (bicyclic) bond motifs is 1. The number of para-hydroxylation sites is 1. The van der Waals surface area contributed by atoms with Crippen molar-refractivity contribution in [1.29, 1.82) is 0 Å². The molecule has 0 spiro atoms. The Kier molecular flexibility index (Phi) is 4.03. The van der Waals surface area contributed by atoms with Gasteiger partial charge in [-0.3, -0.25) is 0 Å². The Morgan fingerprint density at radius 1 is 1.26 bits per heavy atom. The van der Waals surface area contributed by atoms with Gasteiger partial charge in [0.05, 0.1) is 11.2 Å². The summed E-state index contributed by atoms with van der Waals surface area (Å²) in [6, 6.07) is 7.59. The lowest BCUT2D eigenvalue weighted by molar-refractivity contribution is 0.468. The van der Waals surface area contributed by atoms with Gasteiger partial charge in [0, 0.05) is 42.1 Å². The van der Waals surface area contributed by atoms with Crippen LogP contribution in [0.15, 0.2) is 34.7 Å². The first kappa shape index (κ1) is 16.2. The van der Waals surface area contributed by atoms with E-state index < -0.39 is 10.0 Å². The zero-order valence-corrected chi connectivity index (χ0v) is 15.2. The maximum atomic E-state index is 13.1. The third-order valence-electron chi connectivity index (χ3n) is 4.22. The van der Waals surface area contributed by atoms with Gasteiger partial charge in [-0.2, -0.15) is 4.31 Å². The van der Waals surface area contributed by atoms with E-state index in [4.69, 9.17) is 0 Å². The highest BCUT2D eigenvalue weighted by Gasteiger charge is 2.28. The summed E-state index contributed by atoms with van der Waals surface area (Å²) in [6.45, 7) is 4.08. The second kappa shape index (κ2) is 5.74. The van der Waals surface area contributed by atoms with E-state index in [0.29, 0.717) is 11.4 Å². The summed E-state index contributed by atoms with van der Waals surface area (Å²) in [5.74, 6) is 0. The number of nitrogens with zero attached hydrogens (tertiary/aromatic N) is 3. The Morgan fingerprint density at radius 2 is 1.96 bits per heavy atom. The second-order valence-electron chi connectivity index (χ2n) is 5.61. The van der Waals surface area contributed by atoms with Gasteiger partial charge in [-0.05, 0) is 19.9 Å². The molecule has 0 saturated carbocycles. The summed E-state index contributed by atoms with van der Waals surface area (Å²) in [6.07, 6.45) is 0. The molecule has 3 rings (SSSR count). The predicted molar refractivity (Wildman–Crippen MR) is 93.2 cm³/mol. The molecule has 3 aromatic rings. The van der Waals surface area contributed by atoms with Crippen LogP contribution in [0, 0.1) is 13.8 Å². The van der Waals surface area contributed by atoms with E-state index in [1.54, 1.807) is 12.6 Å². The van der Waals surface area contributed by atoms with Gasteiger partial charge in [-0.15, -0.1) is 11.3 Å². The fourth-order valence-electron chi connectivity index (χ4n) is 2.73. The van der Waals surface area contributed by atoms with Crippen molar-refractivity contribution in [3.05, 3.63) is 46.0 Å². The molecule has 0 amide bonds. The normalized spacial score (nSPS) is 12.4. The molecule has 0 N–H and O–H groups in total. The average molecular weight is 349 g/mol. The summed E-state index contributed by atoms with van der Waals surface area (Å²) < 4.78 is 29.6. The minimum atomic E-state index is -3.58. The second-order valence-corrected chi connectivity index (χ2v) is 8.53. The van der Waals surface area contributed by atoms with Crippen LogP contribution in [-0.4, -0.2) is 29.3 Å². The number of aromatic nitrogens is 2. The van der Waals surface area contributed by atoms with Gasteiger partial charge in [-0.1, -0.05) is 18.2 Å². The third kappa shape index (κ3) is 2.58. The van der Waals surface area contributed by atoms with Crippen LogP contribution in [0.3, 0.4) is 0 Å². The van der Waals surface area contributed by atoms with Gasteiger partial charge in [0.1, 0.15) is 4.90 Å². The number of aryl methyl sites for hydroxylation is 2. The molecular weight excluding hydrogens is 330 g/mol. The van der Waals surface area contributed by atoms with Crippen LogP contribution in [0.2, 0.25) is 0 Å². The minimum Gasteiger partial charge on any atom is -0.347 e. The minimum absolute atomic E-state index is 0.335.